The van der Waals surface area contributed by atoms with Crippen LogP contribution < -0.4 is 4.74 Å². The Morgan fingerprint density at radius 1 is 1.53 bits per heavy atom. The van der Waals surface area contributed by atoms with Crippen molar-refractivity contribution in [1.29, 1.82) is 0 Å². The SMILES string of the molecule is COc1cnn(CCN(C)C)c1C(=O)c1ncc[nH]1. The zero-order chi connectivity index (χ0) is 13.8. The number of nitrogens with zero attached hydrogens (tertiary/aromatic N) is 4. The van der Waals surface area contributed by atoms with Crippen LogP contribution >= 0.6 is 0 Å². The highest BCUT2D eigenvalue weighted by molar-refractivity contribution is 6.07. The van der Waals surface area contributed by atoms with Crippen molar-refractivity contribution in [2.75, 3.05) is 27.7 Å². The second kappa shape index (κ2) is 5.66. The number of H-pyrrole nitrogens is 1. The second-order valence-electron chi connectivity index (χ2n) is 4.35. The fourth-order valence-corrected chi connectivity index (χ4v) is 1.71. The summed E-state index contributed by atoms with van der Waals surface area (Å²) in [4.78, 5) is 21.2. The van der Waals surface area contributed by atoms with Crippen LogP contribution in [0.1, 0.15) is 16.3 Å². The average Bonchev–Trinajstić information content (AvgIpc) is 3.04. The van der Waals surface area contributed by atoms with Gasteiger partial charge in [0.25, 0.3) is 0 Å². The Balaban J connectivity index is 2.31. The summed E-state index contributed by atoms with van der Waals surface area (Å²) in [5.41, 5.74) is 0.416. The van der Waals surface area contributed by atoms with Gasteiger partial charge in [-0.25, -0.2) is 4.98 Å². The summed E-state index contributed by atoms with van der Waals surface area (Å²) < 4.78 is 6.84. The highest BCUT2D eigenvalue weighted by Gasteiger charge is 2.22. The number of nitrogens with one attached hydrogen (secondary N) is 1. The van der Waals surface area contributed by atoms with Gasteiger partial charge in [0.15, 0.2) is 17.3 Å². The molecule has 0 aliphatic heterocycles. The van der Waals surface area contributed by atoms with Crippen LogP contribution in [-0.2, 0) is 6.54 Å². The smallest absolute Gasteiger partial charge is 0.250 e. The molecule has 7 heteroatoms. The van der Waals surface area contributed by atoms with Crippen molar-refractivity contribution < 1.29 is 9.53 Å². The molecule has 0 aliphatic rings. The molecule has 7 nitrogen and oxygen atoms in total. The lowest BCUT2D eigenvalue weighted by molar-refractivity contribution is 0.101. The maximum Gasteiger partial charge on any atom is 0.250 e. The van der Waals surface area contributed by atoms with E-state index in [1.165, 1.54) is 7.11 Å². The van der Waals surface area contributed by atoms with E-state index < -0.39 is 0 Å². The molecule has 0 saturated carbocycles. The third-order valence-corrected chi connectivity index (χ3v) is 2.71. The number of hydrogen-bond acceptors (Lipinski definition) is 5. The summed E-state index contributed by atoms with van der Waals surface area (Å²) in [5, 5.41) is 4.19. The number of methoxy groups -OCH3 is 1. The van der Waals surface area contributed by atoms with E-state index in [1.54, 1.807) is 23.3 Å². The van der Waals surface area contributed by atoms with Gasteiger partial charge in [-0.15, -0.1) is 0 Å². The van der Waals surface area contributed by atoms with Gasteiger partial charge in [-0.1, -0.05) is 0 Å². The number of carbonyl (C=O) groups is 1. The minimum atomic E-state index is -0.224. The third kappa shape index (κ3) is 2.82. The summed E-state index contributed by atoms with van der Waals surface area (Å²) in [5.74, 6) is 0.517. The Hall–Kier alpha value is -2.15. The molecule has 0 aromatic carbocycles. The van der Waals surface area contributed by atoms with Crippen LogP contribution in [0, 0.1) is 0 Å². The maximum atomic E-state index is 12.4. The topological polar surface area (TPSA) is 76.0 Å². The lowest BCUT2D eigenvalue weighted by atomic mass is 10.2. The van der Waals surface area contributed by atoms with E-state index in [0.29, 0.717) is 18.0 Å². The number of likely N-dealkylation sites (N-methyl/N-ethyl adjacent to an activating group) is 1. The van der Waals surface area contributed by atoms with Crippen molar-refractivity contribution in [2.24, 2.45) is 0 Å². The van der Waals surface area contributed by atoms with E-state index in [2.05, 4.69) is 15.1 Å². The highest BCUT2D eigenvalue weighted by atomic mass is 16.5. The van der Waals surface area contributed by atoms with Gasteiger partial charge in [0.05, 0.1) is 19.9 Å². The molecule has 0 bridgehead atoms. The number of ketones is 1. The number of ether oxygens (including phenoxy) is 1. The zero-order valence-corrected chi connectivity index (χ0v) is 11.3. The first-order chi connectivity index (χ1) is 9.13. The molecule has 102 valence electrons. The van der Waals surface area contributed by atoms with Crippen molar-refractivity contribution in [1.82, 2.24) is 24.6 Å². The van der Waals surface area contributed by atoms with E-state index in [1.807, 2.05) is 19.0 Å². The van der Waals surface area contributed by atoms with Crippen LogP contribution in [0.5, 0.6) is 5.75 Å². The van der Waals surface area contributed by atoms with E-state index in [4.69, 9.17) is 4.74 Å². The van der Waals surface area contributed by atoms with E-state index >= 15 is 0 Å². The summed E-state index contributed by atoms with van der Waals surface area (Å²) >= 11 is 0. The maximum absolute atomic E-state index is 12.4. The van der Waals surface area contributed by atoms with Gasteiger partial charge in [-0.2, -0.15) is 5.10 Å². The number of aromatic amines is 1. The summed E-state index contributed by atoms with van der Waals surface area (Å²) in [6.07, 6.45) is 4.70. The van der Waals surface area contributed by atoms with Gasteiger partial charge in [0, 0.05) is 18.9 Å². The first-order valence-corrected chi connectivity index (χ1v) is 5.92. The molecular formula is C12H17N5O2. The molecule has 2 rings (SSSR count). The molecule has 0 fully saturated rings. The van der Waals surface area contributed by atoms with Crippen LogP contribution in [0.15, 0.2) is 18.6 Å². The van der Waals surface area contributed by atoms with Crippen molar-refractivity contribution in [2.45, 2.75) is 6.54 Å². The van der Waals surface area contributed by atoms with Crippen molar-refractivity contribution >= 4 is 5.78 Å². The average molecular weight is 263 g/mol. The van der Waals surface area contributed by atoms with Crippen molar-refractivity contribution in [3.63, 3.8) is 0 Å². The number of rotatable bonds is 6. The van der Waals surface area contributed by atoms with Gasteiger partial charge < -0.3 is 14.6 Å². The fraction of sp³-hybridized carbons (Fsp3) is 0.417. The Labute approximate surface area is 111 Å². The molecule has 0 radical (unpaired) electrons. The molecule has 0 atom stereocenters. The molecule has 0 spiro atoms. The lowest BCUT2D eigenvalue weighted by Gasteiger charge is -2.11. The summed E-state index contributed by atoms with van der Waals surface area (Å²) in [7, 11) is 5.45. The summed E-state index contributed by atoms with van der Waals surface area (Å²) in [6, 6.07) is 0. The van der Waals surface area contributed by atoms with Gasteiger partial charge in [0.2, 0.25) is 5.78 Å². The van der Waals surface area contributed by atoms with Crippen LogP contribution in [0.3, 0.4) is 0 Å². The predicted molar refractivity (Wildman–Crippen MR) is 69.4 cm³/mol. The Morgan fingerprint density at radius 3 is 2.89 bits per heavy atom. The zero-order valence-electron chi connectivity index (χ0n) is 11.3. The number of hydrogen-bond donors (Lipinski definition) is 1. The molecule has 19 heavy (non-hydrogen) atoms. The standard InChI is InChI=1S/C12H17N5O2/c1-16(2)6-7-17-10(9(19-3)8-15-17)11(18)12-13-4-5-14-12/h4-5,8H,6-7H2,1-3H3,(H,13,14). The van der Waals surface area contributed by atoms with Crippen LogP contribution in [-0.4, -0.2) is 58.2 Å². The van der Waals surface area contributed by atoms with Crippen LogP contribution in [0.25, 0.3) is 0 Å². The fourth-order valence-electron chi connectivity index (χ4n) is 1.71. The minimum Gasteiger partial charge on any atom is -0.493 e. The molecule has 0 amide bonds. The molecule has 0 unspecified atom stereocenters. The third-order valence-electron chi connectivity index (χ3n) is 2.71. The Morgan fingerprint density at radius 2 is 2.32 bits per heavy atom. The van der Waals surface area contributed by atoms with E-state index in [0.717, 1.165) is 6.54 Å². The molecule has 0 saturated heterocycles. The largest absolute Gasteiger partial charge is 0.493 e. The van der Waals surface area contributed by atoms with E-state index in [9.17, 15) is 4.79 Å². The monoisotopic (exact) mass is 263 g/mol. The minimum absolute atomic E-state index is 0.224. The number of imidazole rings is 1. The van der Waals surface area contributed by atoms with Crippen LogP contribution in [0.2, 0.25) is 0 Å². The van der Waals surface area contributed by atoms with Gasteiger partial charge >= 0.3 is 0 Å². The molecule has 2 aromatic heterocycles. The molecule has 2 aromatic rings. The first-order valence-electron chi connectivity index (χ1n) is 5.92. The number of carbonyl (C=O) groups excluding carboxylic acids is 1. The van der Waals surface area contributed by atoms with Crippen LogP contribution in [0.4, 0.5) is 0 Å². The Kier molecular flexibility index (Phi) is 3.96. The van der Waals surface area contributed by atoms with Crippen molar-refractivity contribution in [3.8, 4) is 5.75 Å². The second-order valence-corrected chi connectivity index (χ2v) is 4.35. The van der Waals surface area contributed by atoms with E-state index in [-0.39, 0.29) is 11.6 Å². The molecule has 0 aliphatic carbocycles. The number of aromatic nitrogens is 4. The molecule has 1 N–H and O–H groups in total. The van der Waals surface area contributed by atoms with Gasteiger partial charge in [0.1, 0.15) is 0 Å². The highest BCUT2D eigenvalue weighted by Crippen LogP contribution is 2.20. The molecule has 2 heterocycles. The summed E-state index contributed by atoms with van der Waals surface area (Å²) in [6.45, 7) is 1.39. The van der Waals surface area contributed by atoms with Crippen molar-refractivity contribution in [3.05, 3.63) is 30.1 Å². The first kappa shape index (κ1) is 13.3. The lowest BCUT2D eigenvalue weighted by Crippen LogP contribution is -2.22. The van der Waals surface area contributed by atoms with Gasteiger partial charge in [-0.05, 0) is 14.1 Å². The molecular weight excluding hydrogens is 246 g/mol. The van der Waals surface area contributed by atoms with Gasteiger partial charge in [-0.3, -0.25) is 9.48 Å². The quantitative estimate of drug-likeness (QED) is 0.764. The normalized spacial score (nSPS) is 10.9. The predicted octanol–water partition coefficient (Wildman–Crippen LogP) is 0.407. The Bertz CT molecular complexity index is 544.